The topological polar surface area (TPSA) is 9.23 Å². The van der Waals surface area contributed by atoms with Gasteiger partial charge in [-0.1, -0.05) is 48.9 Å². The molecule has 0 aliphatic heterocycles. The molecule has 18 heavy (non-hydrogen) atoms. The summed E-state index contributed by atoms with van der Waals surface area (Å²) in [4.78, 5) is 0. The Hall–Kier alpha value is -1.76. The first-order chi connectivity index (χ1) is 8.74. The maximum absolute atomic E-state index is 5.20. The monoisotopic (exact) mass is 240 g/mol. The van der Waals surface area contributed by atoms with Crippen molar-refractivity contribution < 1.29 is 4.74 Å². The molecule has 1 nitrogen and oxygen atoms in total. The van der Waals surface area contributed by atoms with Crippen LogP contribution in [0.25, 0.3) is 0 Å². The summed E-state index contributed by atoms with van der Waals surface area (Å²) in [6, 6.07) is 17.2. The molecular weight excluding hydrogens is 220 g/mol. The predicted octanol–water partition coefficient (Wildman–Crippen LogP) is 4.55. The Kier molecular flexibility index (Phi) is 4.03. The van der Waals surface area contributed by atoms with Crippen LogP contribution in [0.2, 0.25) is 0 Å². The lowest BCUT2D eigenvalue weighted by Gasteiger charge is -2.16. The van der Waals surface area contributed by atoms with Gasteiger partial charge in [-0.15, -0.1) is 0 Å². The number of aryl methyl sites for hydroxylation is 1. The van der Waals surface area contributed by atoms with Crippen LogP contribution in [0.5, 0.6) is 5.75 Å². The molecule has 0 amide bonds. The van der Waals surface area contributed by atoms with E-state index in [4.69, 9.17) is 4.74 Å². The zero-order valence-corrected chi connectivity index (χ0v) is 11.3. The molecule has 0 bridgehead atoms. The van der Waals surface area contributed by atoms with Gasteiger partial charge >= 0.3 is 0 Å². The molecule has 0 aliphatic rings. The van der Waals surface area contributed by atoms with Crippen LogP contribution in [0.15, 0.2) is 48.5 Å². The van der Waals surface area contributed by atoms with E-state index in [0.29, 0.717) is 5.92 Å². The van der Waals surface area contributed by atoms with Crippen LogP contribution >= 0.6 is 0 Å². The smallest absolute Gasteiger partial charge is 0.118 e. The highest BCUT2D eigenvalue weighted by Gasteiger charge is 2.11. The van der Waals surface area contributed by atoms with E-state index < -0.39 is 0 Å². The summed E-state index contributed by atoms with van der Waals surface area (Å²) in [5.41, 5.74) is 4.04. The minimum atomic E-state index is 0.469. The molecule has 2 rings (SSSR count). The fourth-order valence-electron chi connectivity index (χ4n) is 2.30. The van der Waals surface area contributed by atoms with E-state index in [1.165, 1.54) is 16.7 Å². The SMILES string of the molecule is CC[C@H](c1ccc(C)cc1)c1ccc(OC)cc1. The average Bonchev–Trinajstić information content (AvgIpc) is 2.42. The zero-order valence-electron chi connectivity index (χ0n) is 11.3. The summed E-state index contributed by atoms with van der Waals surface area (Å²) >= 11 is 0. The van der Waals surface area contributed by atoms with E-state index in [0.717, 1.165) is 12.2 Å². The van der Waals surface area contributed by atoms with Gasteiger partial charge in [-0.2, -0.15) is 0 Å². The molecule has 94 valence electrons. The second kappa shape index (κ2) is 5.72. The second-order valence-corrected chi connectivity index (χ2v) is 4.64. The van der Waals surface area contributed by atoms with E-state index in [1.54, 1.807) is 7.11 Å². The molecule has 0 saturated carbocycles. The molecule has 0 unspecified atom stereocenters. The first-order valence-electron chi connectivity index (χ1n) is 6.45. The summed E-state index contributed by atoms with van der Waals surface area (Å²) < 4.78 is 5.20. The number of methoxy groups -OCH3 is 1. The maximum atomic E-state index is 5.20. The van der Waals surface area contributed by atoms with Crippen molar-refractivity contribution in [2.45, 2.75) is 26.2 Å². The third-order valence-electron chi connectivity index (χ3n) is 3.41. The third-order valence-corrected chi connectivity index (χ3v) is 3.41. The van der Waals surface area contributed by atoms with Crippen LogP contribution < -0.4 is 4.74 Å². The molecule has 0 heterocycles. The summed E-state index contributed by atoms with van der Waals surface area (Å²) in [6.07, 6.45) is 1.11. The predicted molar refractivity (Wildman–Crippen MR) is 76.3 cm³/mol. The number of rotatable bonds is 4. The molecule has 1 atom stereocenters. The van der Waals surface area contributed by atoms with Crippen molar-refractivity contribution in [2.75, 3.05) is 7.11 Å². The molecule has 0 aromatic heterocycles. The molecule has 2 aromatic rings. The van der Waals surface area contributed by atoms with Crippen LogP contribution in [0, 0.1) is 6.92 Å². The van der Waals surface area contributed by atoms with Crippen molar-refractivity contribution in [1.82, 2.24) is 0 Å². The lowest BCUT2D eigenvalue weighted by atomic mass is 9.89. The molecule has 0 spiro atoms. The van der Waals surface area contributed by atoms with Gasteiger partial charge < -0.3 is 4.74 Å². The molecule has 2 aromatic carbocycles. The van der Waals surface area contributed by atoms with Crippen molar-refractivity contribution in [3.05, 3.63) is 65.2 Å². The molecule has 0 radical (unpaired) electrons. The highest BCUT2D eigenvalue weighted by molar-refractivity contribution is 5.36. The van der Waals surface area contributed by atoms with Crippen LogP contribution in [-0.2, 0) is 0 Å². The Morgan fingerprint density at radius 3 is 1.83 bits per heavy atom. The largest absolute Gasteiger partial charge is 0.497 e. The van der Waals surface area contributed by atoms with Gasteiger partial charge in [-0.25, -0.2) is 0 Å². The normalized spacial score (nSPS) is 12.2. The Morgan fingerprint density at radius 1 is 0.889 bits per heavy atom. The molecular formula is C17H20O. The van der Waals surface area contributed by atoms with Crippen molar-refractivity contribution in [3.8, 4) is 5.75 Å². The van der Waals surface area contributed by atoms with Gasteiger partial charge in [-0.05, 0) is 36.6 Å². The Balaban J connectivity index is 2.29. The molecule has 0 N–H and O–H groups in total. The van der Waals surface area contributed by atoms with Crippen LogP contribution in [0.4, 0.5) is 0 Å². The number of benzene rings is 2. The van der Waals surface area contributed by atoms with Gasteiger partial charge in [0.05, 0.1) is 7.11 Å². The fraction of sp³-hybridized carbons (Fsp3) is 0.294. The van der Waals surface area contributed by atoms with Crippen molar-refractivity contribution in [1.29, 1.82) is 0 Å². The van der Waals surface area contributed by atoms with E-state index in [1.807, 2.05) is 12.1 Å². The van der Waals surface area contributed by atoms with Gasteiger partial charge in [0, 0.05) is 5.92 Å². The summed E-state index contributed by atoms with van der Waals surface area (Å²) in [6.45, 7) is 4.35. The maximum Gasteiger partial charge on any atom is 0.118 e. The lowest BCUT2D eigenvalue weighted by Crippen LogP contribution is -1.99. The lowest BCUT2D eigenvalue weighted by molar-refractivity contribution is 0.414. The van der Waals surface area contributed by atoms with Gasteiger partial charge in [0.1, 0.15) is 5.75 Å². The highest BCUT2D eigenvalue weighted by atomic mass is 16.5. The van der Waals surface area contributed by atoms with Crippen LogP contribution in [0.1, 0.15) is 36.0 Å². The second-order valence-electron chi connectivity index (χ2n) is 4.64. The minimum Gasteiger partial charge on any atom is -0.497 e. The first-order valence-corrected chi connectivity index (χ1v) is 6.45. The molecule has 1 heteroatoms. The Morgan fingerprint density at radius 2 is 1.39 bits per heavy atom. The summed E-state index contributed by atoms with van der Waals surface area (Å²) in [5.74, 6) is 1.38. The average molecular weight is 240 g/mol. The van der Waals surface area contributed by atoms with Gasteiger partial charge in [0.2, 0.25) is 0 Å². The summed E-state index contributed by atoms with van der Waals surface area (Å²) in [5, 5.41) is 0. The standard InChI is InChI=1S/C17H20O/c1-4-17(14-7-5-13(2)6-8-14)15-9-11-16(18-3)12-10-15/h5-12,17H,4H2,1-3H3/t17-/m1/s1. The molecule has 0 fully saturated rings. The van der Waals surface area contributed by atoms with Crippen LogP contribution in [0.3, 0.4) is 0 Å². The van der Waals surface area contributed by atoms with E-state index in [9.17, 15) is 0 Å². The summed E-state index contributed by atoms with van der Waals surface area (Å²) in [7, 11) is 1.70. The van der Waals surface area contributed by atoms with E-state index in [-0.39, 0.29) is 0 Å². The molecule has 0 aliphatic carbocycles. The van der Waals surface area contributed by atoms with E-state index in [2.05, 4.69) is 50.2 Å². The fourth-order valence-corrected chi connectivity index (χ4v) is 2.30. The number of hydrogen-bond acceptors (Lipinski definition) is 1. The van der Waals surface area contributed by atoms with Crippen molar-refractivity contribution in [3.63, 3.8) is 0 Å². The van der Waals surface area contributed by atoms with Crippen molar-refractivity contribution >= 4 is 0 Å². The van der Waals surface area contributed by atoms with Gasteiger partial charge in [-0.3, -0.25) is 0 Å². The van der Waals surface area contributed by atoms with Crippen LogP contribution in [-0.4, -0.2) is 7.11 Å². The highest BCUT2D eigenvalue weighted by Crippen LogP contribution is 2.29. The number of hydrogen-bond donors (Lipinski definition) is 0. The number of ether oxygens (including phenoxy) is 1. The minimum absolute atomic E-state index is 0.469. The van der Waals surface area contributed by atoms with Crippen molar-refractivity contribution in [2.24, 2.45) is 0 Å². The Labute approximate surface area is 109 Å². The third kappa shape index (κ3) is 2.73. The van der Waals surface area contributed by atoms with E-state index >= 15 is 0 Å². The quantitative estimate of drug-likeness (QED) is 0.762. The molecule has 0 saturated heterocycles. The Bertz CT molecular complexity index is 482. The van der Waals surface area contributed by atoms with Gasteiger partial charge in [0.25, 0.3) is 0 Å². The van der Waals surface area contributed by atoms with Gasteiger partial charge in [0.15, 0.2) is 0 Å². The zero-order chi connectivity index (χ0) is 13.0. The first kappa shape index (κ1) is 12.7.